The highest BCUT2D eigenvalue weighted by Crippen LogP contribution is 2.44. The van der Waals surface area contributed by atoms with Crippen LogP contribution in [0.4, 0.5) is 11.4 Å². The molecule has 4 aliphatic rings. The molecule has 56 heavy (non-hydrogen) atoms. The molecule has 7 heterocycles. The molecular formula is C42H41ClN4O8S. The van der Waals surface area contributed by atoms with Crippen molar-refractivity contribution in [3.05, 3.63) is 116 Å². The van der Waals surface area contributed by atoms with Gasteiger partial charge in [-0.2, -0.15) is 11.3 Å². The van der Waals surface area contributed by atoms with Crippen LogP contribution in [0.5, 0.6) is 11.5 Å². The number of hydrogen-bond acceptors (Lipinski definition) is 11. The summed E-state index contributed by atoms with van der Waals surface area (Å²) in [5, 5.41) is 4.54. The smallest absolute Gasteiger partial charge is 0.227 e. The largest absolute Gasteiger partial charge is 0.495 e. The van der Waals surface area contributed by atoms with E-state index in [4.69, 9.17) is 40.0 Å². The van der Waals surface area contributed by atoms with Gasteiger partial charge in [-0.1, -0.05) is 23.7 Å². The van der Waals surface area contributed by atoms with E-state index < -0.39 is 0 Å². The minimum absolute atomic E-state index is 0.0520. The van der Waals surface area contributed by atoms with Gasteiger partial charge in [0.1, 0.15) is 16.7 Å². The number of carbonyl (C=O) groups excluding carboxylic acids is 2. The average molecular weight is 797 g/mol. The van der Waals surface area contributed by atoms with Crippen molar-refractivity contribution in [3.63, 3.8) is 0 Å². The second kappa shape index (κ2) is 17.1. The third-order valence-electron chi connectivity index (χ3n) is 10.2. The summed E-state index contributed by atoms with van der Waals surface area (Å²) in [6.45, 7) is 3.15. The van der Waals surface area contributed by atoms with E-state index in [0.717, 1.165) is 56.0 Å². The molecule has 14 heteroatoms. The summed E-state index contributed by atoms with van der Waals surface area (Å²) < 4.78 is 34.0. The van der Waals surface area contributed by atoms with Crippen molar-refractivity contribution in [2.24, 2.45) is 0 Å². The van der Waals surface area contributed by atoms with Crippen LogP contribution >= 0.6 is 22.9 Å². The van der Waals surface area contributed by atoms with E-state index in [0.29, 0.717) is 81.9 Å². The summed E-state index contributed by atoms with van der Waals surface area (Å²) in [5.74, 6) is 1.48. The highest BCUT2D eigenvalue weighted by molar-refractivity contribution is 7.08. The number of carbonyl (C=O) groups is 2. The molecule has 2 fully saturated rings. The van der Waals surface area contributed by atoms with Gasteiger partial charge < -0.3 is 38.2 Å². The number of methoxy groups -OCH3 is 2. The van der Waals surface area contributed by atoms with E-state index in [1.54, 1.807) is 47.6 Å². The first-order valence-electron chi connectivity index (χ1n) is 18.5. The van der Waals surface area contributed by atoms with Gasteiger partial charge >= 0.3 is 0 Å². The first-order chi connectivity index (χ1) is 27.4. The van der Waals surface area contributed by atoms with E-state index >= 15 is 0 Å². The fourth-order valence-corrected chi connectivity index (χ4v) is 8.27. The highest BCUT2D eigenvalue weighted by Gasteiger charge is 2.34. The predicted octanol–water partition coefficient (Wildman–Crippen LogP) is 7.61. The van der Waals surface area contributed by atoms with E-state index in [1.165, 1.54) is 0 Å². The molecule has 5 aromatic rings. The van der Waals surface area contributed by atoms with Crippen LogP contribution in [-0.2, 0) is 54.5 Å². The summed E-state index contributed by atoms with van der Waals surface area (Å²) in [6.07, 6.45) is 4.92. The van der Waals surface area contributed by atoms with E-state index in [2.05, 4.69) is 21.4 Å². The topological polar surface area (TPSA) is 122 Å². The van der Waals surface area contributed by atoms with E-state index in [9.17, 15) is 9.59 Å². The molecule has 290 valence electrons. The lowest BCUT2D eigenvalue weighted by Crippen LogP contribution is -2.35. The Labute approximate surface area is 333 Å². The maximum Gasteiger partial charge on any atom is 0.227 e. The molecule has 9 rings (SSSR count). The lowest BCUT2D eigenvalue weighted by Gasteiger charge is -2.33. The average Bonchev–Trinajstić information content (AvgIpc) is 4.06. The number of ether oxygens (including phenoxy) is 6. The highest BCUT2D eigenvalue weighted by atomic mass is 35.5. The second-order valence-corrected chi connectivity index (χ2v) is 14.7. The van der Waals surface area contributed by atoms with Gasteiger partial charge in [-0.05, 0) is 82.9 Å². The van der Waals surface area contributed by atoms with Crippen molar-refractivity contribution < 1.29 is 38.0 Å². The molecule has 0 saturated carbocycles. The van der Waals surface area contributed by atoms with Gasteiger partial charge in [0.2, 0.25) is 11.8 Å². The number of benzene rings is 2. The monoisotopic (exact) mass is 796 g/mol. The van der Waals surface area contributed by atoms with Crippen molar-refractivity contribution in [1.82, 2.24) is 9.97 Å². The van der Waals surface area contributed by atoms with Gasteiger partial charge in [0.15, 0.2) is 12.6 Å². The summed E-state index contributed by atoms with van der Waals surface area (Å²) in [4.78, 5) is 37.8. The second-order valence-electron chi connectivity index (χ2n) is 13.5. The van der Waals surface area contributed by atoms with Crippen LogP contribution in [0.25, 0.3) is 11.3 Å². The Balaban J connectivity index is 0.000000159. The number of fused-ring (bicyclic) bond motifs is 2. The van der Waals surface area contributed by atoms with Gasteiger partial charge in [-0.3, -0.25) is 14.6 Å². The molecule has 12 nitrogen and oxygen atoms in total. The summed E-state index contributed by atoms with van der Waals surface area (Å²) in [5.41, 5.74) is 9.54. The van der Waals surface area contributed by atoms with Gasteiger partial charge in [-0.15, -0.1) is 0 Å². The molecule has 2 amide bonds. The standard InChI is InChI=1S/C23H22N2O4S.C19H19ClN2O4/c1-27-20-6-3-18(23-28-9-10-29-23)17-4-7-21(26)25(22(17)20)13-15-2-5-19(24-12-15)16-8-11-30-14-16;1-24-15-5-3-14(19-25-8-9-26-19)13-4-7-17(23)22(18(13)15)11-12-2-6-16(20)21-10-12/h2-3,5-6,8,11-12,14,23H,4,7,9-10,13H2,1H3;2-3,5-6,10,19H,4,7-9,11H2,1H3. The molecule has 2 aromatic carbocycles. The van der Waals surface area contributed by atoms with E-state index in [1.807, 2.05) is 54.0 Å². The molecule has 0 N–H and O–H groups in total. The SMILES string of the molecule is COc1ccc(C2OCCO2)c2c1N(Cc1ccc(-c3ccsc3)nc1)C(=O)CC2.COc1ccc(C2OCCO2)c2c1N(Cc1ccc(Cl)nc1)C(=O)CC2. The Kier molecular flexibility index (Phi) is 11.6. The van der Waals surface area contributed by atoms with Crippen molar-refractivity contribution >= 4 is 46.1 Å². The number of pyridine rings is 2. The third kappa shape index (κ3) is 7.88. The zero-order valence-corrected chi connectivity index (χ0v) is 32.6. The number of nitrogens with zero attached hydrogens (tertiary/aromatic N) is 4. The Hall–Kier alpha value is -4.89. The quantitative estimate of drug-likeness (QED) is 0.138. The van der Waals surface area contributed by atoms with Crippen LogP contribution in [-0.4, -0.2) is 62.4 Å². The minimum Gasteiger partial charge on any atom is -0.495 e. The zero-order chi connectivity index (χ0) is 38.6. The fraction of sp³-hybridized carbons (Fsp3) is 0.333. The van der Waals surface area contributed by atoms with Gasteiger partial charge in [0.25, 0.3) is 0 Å². The van der Waals surface area contributed by atoms with Crippen molar-refractivity contribution in [2.75, 3.05) is 50.4 Å². The lowest BCUT2D eigenvalue weighted by atomic mass is 9.94. The number of anilines is 2. The van der Waals surface area contributed by atoms with Crippen LogP contribution in [0.2, 0.25) is 5.15 Å². The maximum absolute atomic E-state index is 12.9. The number of aromatic nitrogens is 2. The summed E-state index contributed by atoms with van der Waals surface area (Å²) in [7, 11) is 3.24. The lowest BCUT2D eigenvalue weighted by molar-refractivity contribution is -0.119. The molecule has 0 aliphatic carbocycles. The van der Waals surface area contributed by atoms with Crippen molar-refractivity contribution in [2.45, 2.75) is 51.4 Å². The van der Waals surface area contributed by atoms with Gasteiger partial charge in [0, 0.05) is 47.3 Å². The van der Waals surface area contributed by atoms with Crippen molar-refractivity contribution in [1.29, 1.82) is 0 Å². The molecule has 0 radical (unpaired) electrons. The van der Waals surface area contributed by atoms with Crippen LogP contribution < -0.4 is 19.3 Å². The molecule has 0 spiro atoms. The Morgan fingerprint density at radius 3 is 1.62 bits per heavy atom. The molecule has 0 bridgehead atoms. The Morgan fingerprint density at radius 1 is 0.679 bits per heavy atom. The number of thiophene rings is 1. The maximum atomic E-state index is 12.9. The predicted molar refractivity (Wildman–Crippen MR) is 211 cm³/mol. The fourth-order valence-electron chi connectivity index (χ4n) is 7.51. The Bertz CT molecular complexity index is 2170. The van der Waals surface area contributed by atoms with Crippen LogP contribution in [0.1, 0.15) is 58.8 Å². The molecule has 2 saturated heterocycles. The van der Waals surface area contributed by atoms with E-state index in [-0.39, 0.29) is 24.4 Å². The normalized spacial score (nSPS) is 17.1. The summed E-state index contributed by atoms with van der Waals surface area (Å²) >= 11 is 7.51. The molecule has 3 aromatic heterocycles. The number of rotatable bonds is 9. The van der Waals surface area contributed by atoms with Crippen LogP contribution in [0, 0.1) is 0 Å². The molecule has 0 unspecified atom stereocenters. The number of hydrogen-bond donors (Lipinski definition) is 0. The van der Waals surface area contributed by atoms with Gasteiger partial charge in [-0.25, -0.2) is 4.98 Å². The zero-order valence-electron chi connectivity index (χ0n) is 31.1. The first kappa shape index (κ1) is 38.0. The molecule has 4 aliphatic heterocycles. The summed E-state index contributed by atoms with van der Waals surface area (Å²) in [6, 6.07) is 17.4. The van der Waals surface area contributed by atoms with Crippen LogP contribution in [0.3, 0.4) is 0 Å². The number of amides is 2. The molecule has 0 atom stereocenters. The van der Waals surface area contributed by atoms with Gasteiger partial charge in [0.05, 0.1) is 70.8 Å². The Morgan fingerprint density at radius 2 is 1.20 bits per heavy atom. The first-order valence-corrected chi connectivity index (χ1v) is 19.8. The van der Waals surface area contributed by atoms with Crippen molar-refractivity contribution in [3.8, 4) is 22.8 Å². The number of halogens is 1. The minimum atomic E-state index is -0.387. The third-order valence-corrected chi connectivity index (χ3v) is 11.1. The van der Waals surface area contributed by atoms with Crippen LogP contribution in [0.15, 0.2) is 77.8 Å². The molecular weight excluding hydrogens is 756 g/mol.